The highest BCUT2D eigenvalue weighted by Crippen LogP contribution is 2.30. The van der Waals surface area contributed by atoms with Crippen LogP contribution in [-0.2, 0) is 22.5 Å². The number of anilines is 2. The van der Waals surface area contributed by atoms with Gasteiger partial charge in [0.2, 0.25) is 5.95 Å². The quantitative estimate of drug-likeness (QED) is 0.663. The molecule has 5 rings (SSSR count). The Bertz CT molecular complexity index is 1100. The van der Waals surface area contributed by atoms with Gasteiger partial charge in [0.25, 0.3) is 5.91 Å². The molecule has 0 bridgehead atoms. The SMILES string of the molecule is O=C(Nc1cnc(NCc2c(F)ccc3c2CCO3)n2cnnc12)C1CCCCO1. The number of nitrogens with zero attached hydrogens (tertiary/aromatic N) is 4. The highest BCUT2D eigenvalue weighted by Gasteiger charge is 2.24. The van der Waals surface area contributed by atoms with E-state index in [2.05, 4.69) is 25.8 Å². The van der Waals surface area contributed by atoms with Crippen molar-refractivity contribution in [3.8, 4) is 5.75 Å². The predicted octanol–water partition coefficient (Wildman–Crippen LogP) is 2.32. The first-order chi connectivity index (χ1) is 14.7. The normalized spacial score (nSPS) is 18.1. The summed E-state index contributed by atoms with van der Waals surface area (Å²) >= 11 is 0. The van der Waals surface area contributed by atoms with Crippen LogP contribution in [0.5, 0.6) is 5.75 Å². The number of carbonyl (C=O) groups is 1. The summed E-state index contributed by atoms with van der Waals surface area (Å²) in [7, 11) is 0. The molecule has 0 radical (unpaired) electrons. The van der Waals surface area contributed by atoms with Gasteiger partial charge in [-0.2, -0.15) is 0 Å². The van der Waals surface area contributed by atoms with E-state index in [0.717, 1.165) is 24.2 Å². The van der Waals surface area contributed by atoms with Crippen LogP contribution in [0.2, 0.25) is 0 Å². The smallest absolute Gasteiger partial charge is 0.253 e. The van der Waals surface area contributed by atoms with Crippen LogP contribution in [0, 0.1) is 5.82 Å². The molecule has 1 fully saturated rings. The fourth-order valence-electron chi connectivity index (χ4n) is 3.87. The first-order valence-corrected chi connectivity index (χ1v) is 9.99. The van der Waals surface area contributed by atoms with Crippen molar-refractivity contribution in [2.75, 3.05) is 23.8 Å². The van der Waals surface area contributed by atoms with Crippen molar-refractivity contribution in [2.24, 2.45) is 0 Å². The number of halogens is 1. The molecule has 2 aromatic heterocycles. The summed E-state index contributed by atoms with van der Waals surface area (Å²) in [6, 6.07) is 3.07. The van der Waals surface area contributed by atoms with Gasteiger partial charge in [0.05, 0.1) is 12.8 Å². The third-order valence-corrected chi connectivity index (χ3v) is 5.43. The maximum Gasteiger partial charge on any atom is 0.253 e. The first-order valence-electron chi connectivity index (χ1n) is 9.99. The maximum absolute atomic E-state index is 14.4. The Hall–Kier alpha value is -3.27. The van der Waals surface area contributed by atoms with E-state index in [-0.39, 0.29) is 18.3 Å². The lowest BCUT2D eigenvalue weighted by atomic mass is 10.0. The number of nitrogens with one attached hydrogen (secondary N) is 2. The summed E-state index contributed by atoms with van der Waals surface area (Å²) in [5, 5.41) is 14.0. The Morgan fingerprint density at radius 3 is 3.10 bits per heavy atom. The lowest BCUT2D eigenvalue weighted by Gasteiger charge is -2.21. The molecule has 2 aliphatic heterocycles. The zero-order valence-electron chi connectivity index (χ0n) is 16.2. The van der Waals surface area contributed by atoms with Crippen molar-refractivity contribution in [3.05, 3.63) is 41.6 Å². The summed E-state index contributed by atoms with van der Waals surface area (Å²) in [6.07, 6.45) is 5.84. The molecule has 0 aliphatic carbocycles. The van der Waals surface area contributed by atoms with E-state index in [1.807, 2.05) is 0 Å². The summed E-state index contributed by atoms with van der Waals surface area (Å²) in [4.78, 5) is 16.9. The van der Waals surface area contributed by atoms with Gasteiger partial charge in [-0.25, -0.2) is 13.8 Å². The van der Waals surface area contributed by atoms with Gasteiger partial charge in [0, 0.05) is 30.7 Å². The molecule has 0 saturated carbocycles. The Morgan fingerprint density at radius 2 is 2.23 bits per heavy atom. The van der Waals surface area contributed by atoms with Crippen molar-refractivity contribution >= 4 is 23.2 Å². The number of rotatable bonds is 5. The van der Waals surface area contributed by atoms with Crippen molar-refractivity contribution in [2.45, 2.75) is 38.3 Å². The monoisotopic (exact) mass is 412 g/mol. The van der Waals surface area contributed by atoms with Gasteiger partial charge in [-0.15, -0.1) is 10.2 Å². The molecule has 2 aliphatic rings. The molecule has 1 atom stereocenters. The van der Waals surface area contributed by atoms with Gasteiger partial charge in [0.1, 0.15) is 29.7 Å². The summed E-state index contributed by atoms with van der Waals surface area (Å²) in [5.74, 6) is 0.656. The summed E-state index contributed by atoms with van der Waals surface area (Å²) in [6.45, 7) is 1.38. The topological polar surface area (TPSA) is 103 Å². The minimum Gasteiger partial charge on any atom is -0.493 e. The average Bonchev–Trinajstić information content (AvgIpc) is 3.45. The van der Waals surface area contributed by atoms with E-state index in [4.69, 9.17) is 9.47 Å². The molecule has 30 heavy (non-hydrogen) atoms. The molecule has 4 heterocycles. The van der Waals surface area contributed by atoms with E-state index in [0.29, 0.717) is 48.9 Å². The van der Waals surface area contributed by atoms with Crippen LogP contribution in [0.3, 0.4) is 0 Å². The average molecular weight is 412 g/mol. The van der Waals surface area contributed by atoms with Gasteiger partial charge < -0.3 is 20.1 Å². The number of benzene rings is 1. The molecule has 1 unspecified atom stereocenters. The van der Waals surface area contributed by atoms with E-state index in [1.54, 1.807) is 10.5 Å². The molecule has 0 spiro atoms. The molecule has 9 nitrogen and oxygen atoms in total. The van der Waals surface area contributed by atoms with Crippen molar-refractivity contribution in [1.82, 2.24) is 19.6 Å². The van der Waals surface area contributed by atoms with Gasteiger partial charge in [-0.05, 0) is 31.4 Å². The highest BCUT2D eigenvalue weighted by atomic mass is 19.1. The van der Waals surface area contributed by atoms with Gasteiger partial charge in [-0.1, -0.05) is 0 Å². The minimum atomic E-state index is -0.468. The lowest BCUT2D eigenvalue weighted by molar-refractivity contribution is -0.129. The highest BCUT2D eigenvalue weighted by molar-refractivity contribution is 5.97. The Kier molecular flexibility index (Phi) is 4.91. The molecule has 2 N–H and O–H groups in total. The second-order valence-electron chi connectivity index (χ2n) is 7.32. The second-order valence-corrected chi connectivity index (χ2v) is 7.32. The largest absolute Gasteiger partial charge is 0.493 e. The van der Waals surface area contributed by atoms with Crippen molar-refractivity contribution < 1.29 is 18.7 Å². The molecule has 3 aromatic rings. The second kappa shape index (κ2) is 7.86. The van der Waals surface area contributed by atoms with E-state index in [1.165, 1.54) is 18.6 Å². The minimum absolute atomic E-state index is 0.218. The third-order valence-electron chi connectivity index (χ3n) is 5.43. The van der Waals surface area contributed by atoms with E-state index >= 15 is 0 Å². The molecule has 10 heteroatoms. The zero-order valence-corrected chi connectivity index (χ0v) is 16.2. The number of hydrogen-bond donors (Lipinski definition) is 2. The number of hydrogen-bond acceptors (Lipinski definition) is 7. The van der Waals surface area contributed by atoms with Crippen molar-refractivity contribution in [3.63, 3.8) is 0 Å². The predicted molar refractivity (Wildman–Crippen MR) is 106 cm³/mol. The van der Waals surface area contributed by atoms with E-state index < -0.39 is 6.10 Å². The zero-order chi connectivity index (χ0) is 20.5. The first kappa shape index (κ1) is 18.7. The molecular weight excluding hydrogens is 391 g/mol. The molecule has 1 amide bonds. The summed E-state index contributed by atoms with van der Waals surface area (Å²) < 4.78 is 27.1. The number of amides is 1. The molecule has 1 saturated heterocycles. The Balaban J connectivity index is 1.36. The van der Waals surface area contributed by atoms with Gasteiger partial charge in [0.15, 0.2) is 5.65 Å². The molecular formula is C20H21FN6O3. The Labute approximate surface area is 171 Å². The molecule has 156 valence electrons. The van der Waals surface area contributed by atoms with E-state index in [9.17, 15) is 9.18 Å². The van der Waals surface area contributed by atoms with Gasteiger partial charge >= 0.3 is 0 Å². The summed E-state index contributed by atoms with van der Waals surface area (Å²) in [5.41, 5.74) is 2.31. The van der Waals surface area contributed by atoms with Gasteiger partial charge in [-0.3, -0.25) is 4.79 Å². The molecule has 1 aromatic carbocycles. The van der Waals surface area contributed by atoms with Crippen LogP contribution in [0.15, 0.2) is 24.7 Å². The van der Waals surface area contributed by atoms with Crippen LogP contribution in [0.1, 0.15) is 30.4 Å². The number of ether oxygens (including phenoxy) is 2. The number of carbonyl (C=O) groups excluding carboxylic acids is 1. The fraction of sp³-hybridized carbons (Fsp3) is 0.400. The lowest BCUT2D eigenvalue weighted by Crippen LogP contribution is -2.33. The Morgan fingerprint density at radius 1 is 1.30 bits per heavy atom. The maximum atomic E-state index is 14.4. The number of aromatic nitrogens is 4. The van der Waals surface area contributed by atoms with Crippen LogP contribution >= 0.6 is 0 Å². The van der Waals surface area contributed by atoms with Crippen LogP contribution in [-0.4, -0.2) is 44.8 Å². The standard InChI is InChI=1S/C20H21FN6O3/c21-14-4-5-16-12(6-8-30-16)13(14)9-22-20-23-10-15(18-26-24-11-27(18)20)25-19(28)17-3-1-2-7-29-17/h4-5,10-11,17H,1-3,6-9H2,(H,22,23)(H,25,28). The van der Waals surface area contributed by atoms with Crippen molar-refractivity contribution in [1.29, 1.82) is 0 Å². The number of fused-ring (bicyclic) bond motifs is 2. The van der Waals surface area contributed by atoms with Crippen LogP contribution in [0.4, 0.5) is 16.0 Å². The van der Waals surface area contributed by atoms with Crippen LogP contribution < -0.4 is 15.4 Å². The third kappa shape index (κ3) is 3.43. The van der Waals surface area contributed by atoms with Crippen LogP contribution in [0.25, 0.3) is 5.65 Å². The fourth-order valence-corrected chi connectivity index (χ4v) is 3.87.